The van der Waals surface area contributed by atoms with E-state index in [-0.39, 0.29) is 0 Å². The molecule has 0 radical (unpaired) electrons. The molecule has 0 bridgehead atoms. The van der Waals surface area contributed by atoms with Gasteiger partial charge >= 0.3 is 0 Å². The average molecular weight is 240 g/mol. The zero-order valence-electron chi connectivity index (χ0n) is 12.7. The normalized spacial score (nSPS) is 30.9. The molecule has 2 heteroatoms. The number of nitrogens with one attached hydrogen (secondary N) is 1. The van der Waals surface area contributed by atoms with Crippen LogP contribution < -0.4 is 5.32 Å². The Morgan fingerprint density at radius 2 is 1.88 bits per heavy atom. The Bertz CT molecular complexity index is 219. The Morgan fingerprint density at radius 3 is 2.35 bits per heavy atom. The van der Waals surface area contributed by atoms with Crippen LogP contribution >= 0.6 is 0 Å². The van der Waals surface area contributed by atoms with Crippen molar-refractivity contribution in [2.75, 3.05) is 27.2 Å². The Kier molecular flexibility index (Phi) is 5.46. The largest absolute Gasteiger partial charge is 0.317 e. The first-order valence-electron chi connectivity index (χ1n) is 7.24. The van der Waals surface area contributed by atoms with Crippen molar-refractivity contribution in [2.45, 2.75) is 53.0 Å². The molecule has 17 heavy (non-hydrogen) atoms. The van der Waals surface area contributed by atoms with Gasteiger partial charge in [-0.2, -0.15) is 0 Å². The third kappa shape index (κ3) is 4.26. The maximum absolute atomic E-state index is 3.53. The van der Waals surface area contributed by atoms with Crippen LogP contribution in [0.5, 0.6) is 0 Å². The van der Waals surface area contributed by atoms with Crippen LogP contribution in [-0.2, 0) is 0 Å². The molecule has 0 saturated heterocycles. The molecule has 0 aliphatic heterocycles. The minimum absolute atomic E-state index is 0.474. The first kappa shape index (κ1) is 15.0. The maximum atomic E-state index is 3.53. The summed E-state index contributed by atoms with van der Waals surface area (Å²) in [5.74, 6) is 1.71. The van der Waals surface area contributed by atoms with Crippen molar-refractivity contribution in [1.82, 2.24) is 10.2 Å². The zero-order valence-corrected chi connectivity index (χ0v) is 12.7. The van der Waals surface area contributed by atoms with Crippen LogP contribution in [0.2, 0.25) is 0 Å². The van der Waals surface area contributed by atoms with Crippen LogP contribution in [0.25, 0.3) is 0 Å². The van der Waals surface area contributed by atoms with E-state index >= 15 is 0 Å². The summed E-state index contributed by atoms with van der Waals surface area (Å²) in [5.41, 5.74) is 0.474. The van der Waals surface area contributed by atoms with Crippen molar-refractivity contribution in [3.63, 3.8) is 0 Å². The molecule has 0 aromatic carbocycles. The highest BCUT2D eigenvalue weighted by atomic mass is 15.1. The fourth-order valence-corrected chi connectivity index (χ4v) is 3.16. The standard InChI is InChI=1S/C15H32N2/c1-7-17(6)11-12-10-13(15(2,3)4)8-9-14(12)16-5/h12-14,16H,7-11H2,1-6H3. The van der Waals surface area contributed by atoms with E-state index in [0.717, 1.165) is 24.4 Å². The van der Waals surface area contributed by atoms with E-state index in [1.807, 2.05) is 0 Å². The summed E-state index contributed by atoms with van der Waals surface area (Å²) in [5, 5.41) is 3.53. The Hall–Kier alpha value is -0.0800. The molecule has 1 N–H and O–H groups in total. The van der Waals surface area contributed by atoms with Crippen molar-refractivity contribution in [2.24, 2.45) is 17.3 Å². The van der Waals surface area contributed by atoms with E-state index in [2.05, 4.69) is 52.0 Å². The van der Waals surface area contributed by atoms with Gasteiger partial charge in [-0.1, -0.05) is 27.7 Å². The Labute approximate surface area is 108 Å². The second-order valence-corrected chi connectivity index (χ2v) is 6.89. The van der Waals surface area contributed by atoms with Crippen LogP contribution in [0.1, 0.15) is 47.0 Å². The van der Waals surface area contributed by atoms with E-state index in [1.54, 1.807) is 0 Å². The number of hydrogen-bond donors (Lipinski definition) is 1. The van der Waals surface area contributed by atoms with E-state index in [0.29, 0.717) is 5.41 Å². The van der Waals surface area contributed by atoms with Crippen LogP contribution in [0.4, 0.5) is 0 Å². The average Bonchev–Trinajstić information content (AvgIpc) is 2.27. The van der Waals surface area contributed by atoms with Gasteiger partial charge in [0, 0.05) is 12.6 Å². The van der Waals surface area contributed by atoms with E-state index < -0.39 is 0 Å². The highest BCUT2D eigenvalue weighted by Gasteiger charge is 2.35. The van der Waals surface area contributed by atoms with Crippen LogP contribution in [0.3, 0.4) is 0 Å². The highest BCUT2D eigenvalue weighted by molar-refractivity contribution is 4.89. The maximum Gasteiger partial charge on any atom is 0.0105 e. The zero-order chi connectivity index (χ0) is 13.1. The SMILES string of the molecule is CCN(C)CC1CC(C(C)(C)C)CCC1NC. The van der Waals surface area contributed by atoms with Crippen LogP contribution in [-0.4, -0.2) is 38.1 Å². The first-order chi connectivity index (χ1) is 7.88. The van der Waals surface area contributed by atoms with Gasteiger partial charge in [0.15, 0.2) is 0 Å². The minimum atomic E-state index is 0.474. The quantitative estimate of drug-likeness (QED) is 0.812. The Morgan fingerprint density at radius 1 is 1.24 bits per heavy atom. The molecule has 0 heterocycles. The molecule has 1 rings (SSSR count). The van der Waals surface area contributed by atoms with Gasteiger partial charge in [0.25, 0.3) is 0 Å². The molecule has 2 nitrogen and oxygen atoms in total. The van der Waals surface area contributed by atoms with Crippen molar-refractivity contribution in [3.05, 3.63) is 0 Å². The van der Waals surface area contributed by atoms with E-state index in [1.165, 1.54) is 25.8 Å². The lowest BCUT2D eigenvalue weighted by molar-refractivity contribution is 0.0972. The molecule has 0 amide bonds. The smallest absolute Gasteiger partial charge is 0.0105 e. The number of hydrogen-bond acceptors (Lipinski definition) is 2. The number of rotatable bonds is 4. The van der Waals surface area contributed by atoms with Crippen molar-refractivity contribution in [3.8, 4) is 0 Å². The van der Waals surface area contributed by atoms with Gasteiger partial charge in [0.2, 0.25) is 0 Å². The van der Waals surface area contributed by atoms with Gasteiger partial charge in [-0.25, -0.2) is 0 Å². The molecule has 1 saturated carbocycles. The first-order valence-corrected chi connectivity index (χ1v) is 7.24. The predicted octanol–water partition coefficient (Wildman–Crippen LogP) is 2.99. The second-order valence-electron chi connectivity index (χ2n) is 6.89. The third-order valence-corrected chi connectivity index (χ3v) is 4.66. The van der Waals surface area contributed by atoms with Crippen LogP contribution in [0.15, 0.2) is 0 Å². The molecular formula is C15H32N2. The molecular weight excluding hydrogens is 208 g/mol. The molecule has 102 valence electrons. The van der Waals surface area contributed by atoms with Crippen molar-refractivity contribution >= 4 is 0 Å². The van der Waals surface area contributed by atoms with Gasteiger partial charge in [0.05, 0.1) is 0 Å². The summed E-state index contributed by atoms with van der Waals surface area (Å²) >= 11 is 0. The highest BCUT2D eigenvalue weighted by Crippen LogP contribution is 2.40. The van der Waals surface area contributed by atoms with E-state index in [4.69, 9.17) is 0 Å². The predicted molar refractivity (Wildman–Crippen MR) is 76.3 cm³/mol. The lowest BCUT2D eigenvalue weighted by Crippen LogP contribution is -2.45. The van der Waals surface area contributed by atoms with Gasteiger partial charge in [0.1, 0.15) is 0 Å². The Balaban J connectivity index is 2.62. The van der Waals surface area contributed by atoms with E-state index in [9.17, 15) is 0 Å². The summed E-state index contributed by atoms with van der Waals surface area (Å²) in [7, 11) is 4.37. The molecule has 0 spiro atoms. The fourth-order valence-electron chi connectivity index (χ4n) is 3.16. The van der Waals surface area contributed by atoms with Crippen LogP contribution in [0, 0.1) is 17.3 Å². The summed E-state index contributed by atoms with van der Waals surface area (Å²) < 4.78 is 0. The minimum Gasteiger partial charge on any atom is -0.317 e. The topological polar surface area (TPSA) is 15.3 Å². The van der Waals surface area contributed by atoms with Gasteiger partial charge in [-0.05, 0) is 57.2 Å². The van der Waals surface area contributed by atoms with Crippen molar-refractivity contribution in [1.29, 1.82) is 0 Å². The lowest BCUT2D eigenvalue weighted by Gasteiger charge is -2.43. The molecule has 0 aromatic heterocycles. The van der Waals surface area contributed by atoms with Gasteiger partial charge in [-0.3, -0.25) is 0 Å². The molecule has 1 aliphatic carbocycles. The van der Waals surface area contributed by atoms with Gasteiger partial charge < -0.3 is 10.2 Å². The molecule has 3 atom stereocenters. The lowest BCUT2D eigenvalue weighted by atomic mass is 9.67. The summed E-state index contributed by atoms with van der Waals surface area (Å²) in [6.45, 7) is 11.9. The molecule has 0 aromatic rings. The van der Waals surface area contributed by atoms with Crippen molar-refractivity contribution < 1.29 is 0 Å². The summed E-state index contributed by atoms with van der Waals surface area (Å²) in [6.07, 6.45) is 4.13. The third-order valence-electron chi connectivity index (χ3n) is 4.66. The molecule has 1 fully saturated rings. The second kappa shape index (κ2) is 6.19. The summed E-state index contributed by atoms with van der Waals surface area (Å²) in [6, 6.07) is 0.725. The van der Waals surface area contributed by atoms with Gasteiger partial charge in [-0.15, -0.1) is 0 Å². The molecule has 1 aliphatic rings. The fraction of sp³-hybridized carbons (Fsp3) is 1.00. The number of nitrogens with zero attached hydrogens (tertiary/aromatic N) is 1. The summed E-state index contributed by atoms with van der Waals surface area (Å²) in [4.78, 5) is 2.46. The molecule has 3 unspecified atom stereocenters. The monoisotopic (exact) mass is 240 g/mol.